The summed E-state index contributed by atoms with van der Waals surface area (Å²) in [6.45, 7) is 5.79. The molecule has 0 aliphatic carbocycles. The van der Waals surface area contributed by atoms with Crippen molar-refractivity contribution in [1.82, 2.24) is 4.90 Å². The fourth-order valence-electron chi connectivity index (χ4n) is 3.84. The van der Waals surface area contributed by atoms with Gasteiger partial charge in [-0.25, -0.2) is 0 Å². The number of ether oxygens (including phenoxy) is 1. The Morgan fingerprint density at radius 1 is 1.00 bits per heavy atom. The monoisotopic (exact) mass is 402 g/mol. The lowest BCUT2D eigenvalue weighted by atomic mass is 9.97. The molecule has 28 heavy (non-hydrogen) atoms. The molecule has 152 valence electrons. The molecule has 0 saturated carbocycles. The summed E-state index contributed by atoms with van der Waals surface area (Å²) in [6.07, 6.45) is 3.12. The highest BCUT2D eigenvalue weighted by Gasteiger charge is 2.29. The molecule has 5 heteroatoms. The van der Waals surface area contributed by atoms with Crippen LogP contribution in [0.25, 0.3) is 0 Å². The third kappa shape index (κ3) is 5.27. The Kier molecular flexibility index (Phi) is 8.81. The zero-order valence-corrected chi connectivity index (χ0v) is 17.7. The van der Waals surface area contributed by atoms with Crippen LogP contribution in [0.5, 0.6) is 5.75 Å². The minimum atomic E-state index is -0.0211. The number of Topliss-reactive ketones (excluding diaryl/α,β-unsaturated/α-hetero) is 1. The number of hydrogen-bond donors (Lipinski definition) is 0. The van der Waals surface area contributed by atoms with Crippen LogP contribution in [0.4, 0.5) is 5.69 Å². The van der Waals surface area contributed by atoms with Gasteiger partial charge in [-0.15, -0.1) is 12.4 Å². The first kappa shape index (κ1) is 22.3. The third-order valence-corrected chi connectivity index (χ3v) is 5.37. The predicted octanol–water partition coefficient (Wildman–Crippen LogP) is 4.68. The van der Waals surface area contributed by atoms with Crippen LogP contribution in [0, 0.1) is 0 Å². The van der Waals surface area contributed by atoms with Crippen LogP contribution in [0.2, 0.25) is 0 Å². The van der Waals surface area contributed by atoms with E-state index in [-0.39, 0.29) is 24.2 Å². The Balaban J connectivity index is 0.00000280. The summed E-state index contributed by atoms with van der Waals surface area (Å²) in [5.74, 6) is 1.17. The van der Waals surface area contributed by atoms with E-state index in [1.807, 2.05) is 48.5 Å². The van der Waals surface area contributed by atoms with E-state index in [1.54, 1.807) is 7.11 Å². The van der Waals surface area contributed by atoms with Gasteiger partial charge in [0, 0.05) is 31.7 Å². The Morgan fingerprint density at radius 2 is 1.64 bits per heavy atom. The van der Waals surface area contributed by atoms with Crippen molar-refractivity contribution >= 4 is 23.9 Å². The number of rotatable bonds is 8. The standard InChI is InChI=1S/C23H30N2O2.ClH/c1-3-4-12-21(23(26)19-10-6-5-7-11-19)25-17-15-24(16-18-25)20-13-8-9-14-22(20)27-2;/h5-11,13-14,21H,3-4,12,15-18H2,1-2H3;1H. The number of ketones is 1. The molecule has 1 atom stereocenters. The maximum Gasteiger partial charge on any atom is 0.179 e. The summed E-state index contributed by atoms with van der Waals surface area (Å²) >= 11 is 0. The van der Waals surface area contributed by atoms with Gasteiger partial charge in [0.15, 0.2) is 5.78 Å². The SMILES string of the molecule is CCCCC(C(=O)c1ccccc1)N1CCN(c2ccccc2OC)CC1.Cl. The molecule has 2 aromatic carbocycles. The van der Waals surface area contributed by atoms with Crippen LogP contribution in [0.1, 0.15) is 36.5 Å². The molecule has 0 aromatic heterocycles. The number of benzene rings is 2. The normalized spacial score (nSPS) is 15.6. The average Bonchev–Trinajstić information content (AvgIpc) is 2.75. The van der Waals surface area contributed by atoms with E-state index in [2.05, 4.69) is 22.8 Å². The van der Waals surface area contributed by atoms with E-state index < -0.39 is 0 Å². The van der Waals surface area contributed by atoms with Gasteiger partial charge in [0.1, 0.15) is 5.75 Å². The number of carbonyl (C=O) groups is 1. The van der Waals surface area contributed by atoms with E-state index in [0.29, 0.717) is 0 Å². The van der Waals surface area contributed by atoms with Crippen molar-refractivity contribution in [2.45, 2.75) is 32.2 Å². The molecule has 0 N–H and O–H groups in total. The minimum Gasteiger partial charge on any atom is -0.495 e. The quantitative estimate of drug-likeness (QED) is 0.600. The molecule has 0 bridgehead atoms. The van der Waals surface area contributed by atoms with Crippen LogP contribution >= 0.6 is 12.4 Å². The van der Waals surface area contributed by atoms with E-state index in [9.17, 15) is 4.79 Å². The van der Waals surface area contributed by atoms with E-state index in [4.69, 9.17) is 4.74 Å². The summed E-state index contributed by atoms with van der Waals surface area (Å²) < 4.78 is 5.51. The van der Waals surface area contributed by atoms with Crippen LogP contribution in [-0.4, -0.2) is 50.0 Å². The van der Waals surface area contributed by atoms with Crippen LogP contribution in [0.3, 0.4) is 0 Å². The Bertz CT molecular complexity index is 730. The maximum atomic E-state index is 13.1. The minimum absolute atomic E-state index is 0. The lowest BCUT2D eigenvalue weighted by Gasteiger charge is -2.40. The van der Waals surface area contributed by atoms with Gasteiger partial charge in [0.25, 0.3) is 0 Å². The van der Waals surface area contributed by atoms with Crippen LogP contribution in [0.15, 0.2) is 54.6 Å². The molecule has 3 rings (SSSR count). The summed E-state index contributed by atoms with van der Waals surface area (Å²) in [6, 6.07) is 17.9. The van der Waals surface area contributed by atoms with Crippen molar-refractivity contribution in [2.75, 3.05) is 38.2 Å². The molecule has 1 heterocycles. The number of hydrogen-bond acceptors (Lipinski definition) is 4. The van der Waals surface area contributed by atoms with Crippen molar-refractivity contribution in [3.05, 3.63) is 60.2 Å². The molecule has 1 aliphatic heterocycles. The summed E-state index contributed by atoms with van der Waals surface area (Å²) in [4.78, 5) is 17.9. The van der Waals surface area contributed by atoms with Gasteiger partial charge < -0.3 is 9.64 Å². The van der Waals surface area contributed by atoms with Gasteiger partial charge in [-0.2, -0.15) is 0 Å². The first-order valence-corrected chi connectivity index (χ1v) is 9.96. The number of unbranched alkanes of at least 4 members (excludes halogenated alkanes) is 1. The van der Waals surface area contributed by atoms with Gasteiger partial charge in [-0.05, 0) is 18.6 Å². The summed E-state index contributed by atoms with van der Waals surface area (Å²) in [5.41, 5.74) is 1.96. The van der Waals surface area contributed by atoms with Crippen molar-refractivity contribution in [3.8, 4) is 5.75 Å². The fourth-order valence-corrected chi connectivity index (χ4v) is 3.84. The van der Waals surface area contributed by atoms with Gasteiger partial charge in [-0.1, -0.05) is 62.2 Å². The maximum absolute atomic E-state index is 13.1. The van der Waals surface area contributed by atoms with Gasteiger partial charge in [0.05, 0.1) is 18.8 Å². The summed E-state index contributed by atoms with van der Waals surface area (Å²) in [5, 5.41) is 0. The molecule has 1 fully saturated rings. The molecule has 0 amide bonds. The fraction of sp³-hybridized carbons (Fsp3) is 0.435. The number of methoxy groups -OCH3 is 1. The highest BCUT2D eigenvalue weighted by atomic mass is 35.5. The first-order chi connectivity index (χ1) is 13.2. The second-order valence-corrected chi connectivity index (χ2v) is 7.08. The topological polar surface area (TPSA) is 32.8 Å². The van der Waals surface area contributed by atoms with Gasteiger partial charge in [-0.3, -0.25) is 9.69 Å². The lowest BCUT2D eigenvalue weighted by molar-refractivity contribution is 0.0790. The molecule has 1 saturated heterocycles. The number of piperazine rings is 1. The lowest BCUT2D eigenvalue weighted by Crippen LogP contribution is -2.52. The van der Waals surface area contributed by atoms with Crippen LogP contribution in [-0.2, 0) is 0 Å². The first-order valence-electron chi connectivity index (χ1n) is 9.96. The van der Waals surface area contributed by atoms with E-state index in [1.165, 1.54) is 0 Å². The predicted molar refractivity (Wildman–Crippen MR) is 118 cm³/mol. The van der Waals surface area contributed by atoms with Crippen molar-refractivity contribution in [1.29, 1.82) is 0 Å². The Morgan fingerprint density at radius 3 is 2.29 bits per heavy atom. The second-order valence-electron chi connectivity index (χ2n) is 7.08. The molecule has 1 aliphatic rings. The molecular formula is C23H31ClN2O2. The zero-order chi connectivity index (χ0) is 19.1. The number of carbonyl (C=O) groups excluding carboxylic acids is 1. The van der Waals surface area contributed by atoms with Crippen molar-refractivity contribution in [2.24, 2.45) is 0 Å². The molecular weight excluding hydrogens is 372 g/mol. The molecule has 1 unspecified atom stereocenters. The van der Waals surface area contributed by atoms with E-state index in [0.717, 1.165) is 62.4 Å². The van der Waals surface area contributed by atoms with Crippen molar-refractivity contribution < 1.29 is 9.53 Å². The number of anilines is 1. The molecule has 0 radical (unpaired) electrons. The molecule has 2 aromatic rings. The molecule has 4 nitrogen and oxygen atoms in total. The highest BCUT2D eigenvalue weighted by molar-refractivity contribution is 6.00. The van der Waals surface area contributed by atoms with Crippen LogP contribution < -0.4 is 9.64 Å². The Labute approximate surface area is 174 Å². The zero-order valence-electron chi connectivity index (χ0n) is 16.8. The third-order valence-electron chi connectivity index (χ3n) is 5.37. The number of para-hydroxylation sites is 2. The Hall–Kier alpha value is -2.04. The van der Waals surface area contributed by atoms with Gasteiger partial charge >= 0.3 is 0 Å². The smallest absolute Gasteiger partial charge is 0.179 e. The van der Waals surface area contributed by atoms with Crippen molar-refractivity contribution in [3.63, 3.8) is 0 Å². The largest absolute Gasteiger partial charge is 0.495 e. The number of nitrogens with zero attached hydrogens (tertiary/aromatic N) is 2. The molecule has 0 spiro atoms. The summed E-state index contributed by atoms with van der Waals surface area (Å²) in [7, 11) is 1.72. The van der Waals surface area contributed by atoms with Gasteiger partial charge in [0.2, 0.25) is 0 Å². The average molecular weight is 403 g/mol. The number of halogens is 1. The van der Waals surface area contributed by atoms with E-state index >= 15 is 0 Å². The highest BCUT2D eigenvalue weighted by Crippen LogP contribution is 2.29. The second kappa shape index (κ2) is 11.1.